The molecule has 1 heterocycles. The summed E-state index contributed by atoms with van der Waals surface area (Å²) < 4.78 is 0. The van der Waals surface area contributed by atoms with E-state index in [1.54, 1.807) is 18.2 Å². The lowest BCUT2D eigenvalue weighted by molar-refractivity contribution is -0.143. The van der Waals surface area contributed by atoms with Gasteiger partial charge in [0.1, 0.15) is 5.41 Å². The molecule has 0 bridgehead atoms. The molecule has 1 saturated heterocycles. The molecule has 1 aromatic carbocycles. The molecule has 1 aliphatic heterocycles. The summed E-state index contributed by atoms with van der Waals surface area (Å²) in [5.41, 5.74) is -0.456. The summed E-state index contributed by atoms with van der Waals surface area (Å²) in [5, 5.41) is 3.69. The molecule has 0 radical (unpaired) electrons. The molecule has 1 aliphatic carbocycles. The monoisotopic (exact) mass is 354 g/mol. The number of nitrogens with zero attached hydrogens (tertiary/aromatic N) is 1. The number of hydrogen-bond donors (Lipinski definition) is 1. The molecule has 1 aromatic rings. The SMILES string of the molecule is CC1CCN(C(=O)C2(C(=O)Nc3cc(Cl)ccc3Cl)CC2)CC1. The van der Waals surface area contributed by atoms with Crippen LogP contribution in [0.1, 0.15) is 32.6 Å². The van der Waals surface area contributed by atoms with Crippen molar-refractivity contribution in [2.75, 3.05) is 18.4 Å². The van der Waals surface area contributed by atoms with Gasteiger partial charge in [-0.05, 0) is 49.8 Å². The zero-order valence-electron chi connectivity index (χ0n) is 13.1. The van der Waals surface area contributed by atoms with Crippen LogP contribution < -0.4 is 5.32 Å². The van der Waals surface area contributed by atoms with E-state index in [1.165, 1.54) is 0 Å². The molecule has 0 spiro atoms. The van der Waals surface area contributed by atoms with Gasteiger partial charge in [0.2, 0.25) is 11.8 Å². The van der Waals surface area contributed by atoms with Gasteiger partial charge < -0.3 is 10.2 Å². The average molecular weight is 355 g/mol. The minimum atomic E-state index is -0.910. The number of halogens is 2. The Morgan fingerprint density at radius 2 is 1.87 bits per heavy atom. The smallest absolute Gasteiger partial charge is 0.240 e. The first-order chi connectivity index (χ1) is 10.9. The molecule has 0 aromatic heterocycles. The fraction of sp³-hybridized carbons (Fsp3) is 0.529. The molecule has 2 aliphatic rings. The maximum atomic E-state index is 12.8. The fourth-order valence-corrected chi connectivity index (χ4v) is 3.35. The third-order valence-electron chi connectivity index (χ3n) is 4.84. The summed E-state index contributed by atoms with van der Waals surface area (Å²) in [5.74, 6) is 0.332. The molecule has 2 amide bonds. The standard InChI is InChI=1S/C17H20Cl2N2O2/c1-11-4-8-21(9-5-11)16(23)17(6-7-17)15(22)20-14-10-12(18)2-3-13(14)19/h2-3,10-11H,4-9H2,1H3,(H,20,22). The second-order valence-electron chi connectivity index (χ2n) is 6.64. The van der Waals surface area contributed by atoms with Gasteiger partial charge in [-0.25, -0.2) is 0 Å². The van der Waals surface area contributed by atoms with Crippen molar-refractivity contribution < 1.29 is 9.59 Å². The Morgan fingerprint density at radius 1 is 1.22 bits per heavy atom. The number of piperidine rings is 1. The number of carbonyl (C=O) groups excluding carboxylic acids is 2. The van der Waals surface area contributed by atoms with Crippen molar-refractivity contribution in [2.45, 2.75) is 32.6 Å². The van der Waals surface area contributed by atoms with Gasteiger partial charge in [-0.15, -0.1) is 0 Å². The molecule has 124 valence electrons. The second kappa shape index (κ2) is 6.33. The van der Waals surface area contributed by atoms with Crippen LogP contribution in [0.5, 0.6) is 0 Å². The molecule has 2 fully saturated rings. The van der Waals surface area contributed by atoms with Gasteiger partial charge >= 0.3 is 0 Å². The summed E-state index contributed by atoms with van der Waals surface area (Å²) in [7, 11) is 0. The van der Waals surface area contributed by atoms with Crippen LogP contribution >= 0.6 is 23.2 Å². The van der Waals surface area contributed by atoms with Crippen molar-refractivity contribution in [1.82, 2.24) is 4.90 Å². The van der Waals surface area contributed by atoms with E-state index >= 15 is 0 Å². The summed E-state index contributed by atoms with van der Waals surface area (Å²) in [6.45, 7) is 3.68. The Hall–Kier alpha value is -1.26. The number of amides is 2. The van der Waals surface area contributed by atoms with Crippen LogP contribution in [0.3, 0.4) is 0 Å². The van der Waals surface area contributed by atoms with Crippen molar-refractivity contribution in [3.05, 3.63) is 28.2 Å². The van der Waals surface area contributed by atoms with E-state index in [2.05, 4.69) is 12.2 Å². The number of benzene rings is 1. The van der Waals surface area contributed by atoms with Crippen LogP contribution in [-0.2, 0) is 9.59 Å². The van der Waals surface area contributed by atoms with Gasteiger partial charge in [0.25, 0.3) is 0 Å². The maximum absolute atomic E-state index is 12.8. The Labute approximate surface area is 146 Å². The lowest BCUT2D eigenvalue weighted by Crippen LogP contribution is -2.46. The molecule has 4 nitrogen and oxygen atoms in total. The molecule has 3 rings (SSSR count). The molecule has 0 atom stereocenters. The lowest BCUT2D eigenvalue weighted by atomic mass is 9.96. The highest BCUT2D eigenvalue weighted by Gasteiger charge is 2.58. The Balaban J connectivity index is 1.71. The summed E-state index contributed by atoms with van der Waals surface area (Å²) in [6.07, 6.45) is 3.21. The summed E-state index contributed by atoms with van der Waals surface area (Å²) >= 11 is 12.0. The van der Waals surface area contributed by atoms with E-state index in [9.17, 15) is 9.59 Å². The van der Waals surface area contributed by atoms with Crippen LogP contribution in [0.15, 0.2) is 18.2 Å². The number of rotatable bonds is 3. The van der Waals surface area contributed by atoms with Gasteiger partial charge in [0.05, 0.1) is 10.7 Å². The van der Waals surface area contributed by atoms with E-state index in [4.69, 9.17) is 23.2 Å². The number of nitrogens with one attached hydrogen (secondary N) is 1. The topological polar surface area (TPSA) is 49.4 Å². The third-order valence-corrected chi connectivity index (χ3v) is 5.41. The molecule has 6 heteroatoms. The molecule has 1 saturated carbocycles. The van der Waals surface area contributed by atoms with E-state index in [1.807, 2.05) is 4.90 Å². The van der Waals surface area contributed by atoms with E-state index in [0.717, 1.165) is 25.9 Å². The van der Waals surface area contributed by atoms with Gasteiger partial charge in [0.15, 0.2) is 0 Å². The second-order valence-corrected chi connectivity index (χ2v) is 7.48. The van der Waals surface area contributed by atoms with Crippen molar-refractivity contribution >= 4 is 40.7 Å². The Kier molecular flexibility index (Phi) is 4.56. The molecular formula is C17H20Cl2N2O2. The zero-order valence-corrected chi connectivity index (χ0v) is 14.6. The van der Waals surface area contributed by atoms with E-state index in [-0.39, 0.29) is 11.8 Å². The summed E-state index contributed by atoms with van der Waals surface area (Å²) in [4.78, 5) is 27.3. The van der Waals surface area contributed by atoms with Gasteiger partial charge in [-0.1, -0.05) is 30.1 Å². The molecular weight excluding hydrogens is 335 g/mol. The van der Waals surface area contributed by atoms with E-state index in [0.29, 0.717) is 34.5 Å². The average Bonchev–Trinajstić information content (AvgIpc) is 3.33. The first-order valence-corrected chi connectivity index (χ1v) is 8.74. The predicted molar refractivity (Wildman–Crippen MR) is 91.7 cm³/mol. The van der Waals surface area contributed by atoms with Crippen molar-refractivity contribution in [2.24, 2.45) is 11.3 Å². The first kappa shape index (κ1) is 16.6. The Morgan fingerprint density at radius 3 is 2.48 bits per heavy atom. The normalized spacial score (nSPS) is 20.2. The van der Waals surface area contributed by atoms with Crippen molar-refractivity contribution in [3.8, 4) is 0 Å². The maximum Gasteiger partial charge on any atom is 0.240 e. The summed E-state index contributed by atoms with van der Waals surface area (Å²) in [6, 6.07) is 4.89. The lowest BCUT2D eigenvalue weighted by Gasteiger charge is -2.32. The van der Waals surface area contributed by atoms with Gasteiger partial charge in [-0.2, -0.15) is 0 Å². The van der Waals surface area contributed by atoms with Crippen LogP contribution in [-0.4, -0.2) is 29.8 Å². The third kappa shape index (κ3) is 3.33. The first-order valence-electron chi connectivity index (χ1n) is 7.98. The zero-order chi connectivity index (χ0) is 16.6. The minimum Gasteiger partial charge on any atom is -0.342 e. The van der Waals surface area contributed by atoms with Crippen molar-refractivity contribution in [1.29, 1.82) is 0 Å². The van der Waals surface area contributed by atoms with Crippen LogP contribution in [0, 0.1) is 11.3 Å². The highest BCUT2D eigenvalue weighted by atomic mass is 35.5. The van der Waals surface area contributed by atoms with Crippen LogP contribution in [0.25, 0.3) is 0 Å². The van der Waals surface area contributed by atoms with Crippen LogP contribution in [0.2, 0.25) is 10.0 Å². The Bertz CT molecular complexity index is 635. The number of carbonyl (C=O) groups is 2. The fourth-order valence-electron chi connectivity index (χ4n) is 3.01. The van der Waals surface area contributed by atoms with E-state index < -0.39 is 5.41 Å². The predicted octanol–water partition coefficient (Wildman–Crippen LogP) is 3.97. The number of anilines is 1. The quantitative estimate of drug-likeness (QED) is 0.834. The molecule has 23 heavy (non-hydrogen) atoms. The van der Waals surface area contributed by atoms with Gasteiger partial charge in [0, 0.05) is 18.1 Å². The van der Waals surface area contributed by atoms with Crippen molar-refractivity contribution in [3.63, 3.8) is 0 Å². The molecule has 1 N–H and O–H groups in total. The number of likely N-dealkylation sites (tertiary alicyclic amines) is 1. The highest BCUT2D eigenvalue weighted by Crippen LogP contribution is 2.49. The minimum absolute atomic E-state index is 0.0416. The van der Waals surface area contributed by atoms with Gasteiger partial charge in [-0.3, -0.25) is 9.59 Å². The molecule has 0 unspecified atom stereocenters. The van der Waals surface area contributed by atoms with Crippen LogP contribution in [0.4, 0.5) is 5.69 Å². The number of hydrogen-bond acceptors (Lipinski definition) is 2. The highest BCUT2D eigenvalue weighted by molar-refractivity contribution is 6.36. The largest absolute Gasteiger partial charge is 0.342 e.